The zero-order valence-electron chi connectivity index (χ0n) is 14.7. The van der Waals surface area contributed by atoms with Crippen molar-refractivity contribution in [2.45, 2.75) is 24.4 Å². The van der Waals surface area contributed by atoms with Crippen LogP contribution in [0.5, 0.6) is 11.5 Å². The quantitative estimate of drug-likeness (QED) is 0.763. The molecule has 0 bridgehead atoms. The molecule has 28 heavy (non-hydrogen) atoms. The lowest BCUT2D eigenvalue weighted by atomic mass is 10.1. The predicted molar refractivity (Wildman–Crippen MR) is 94.1 cm³/mol. The van der Waals surface area contributed by atoms with Crippen LogP contribution in [0.25, 0.3) is 0 Å². The molecule has 4 atom stereocenters. The Morgan fingerprint density at radius 2 is 1.07 bits per heavy atom. The summed E-state index contributed by atoms with van der Waals surface area (Å²) in [6, 6.07) is 11.4. The Morgan fingerprint density at radius 1 is 0.714 bits per heavy atom. The van der Waals surface area contributed by atoms with Gasteiger partial charge in [-0.1, -0.05) is 0 Å². The Morgan fingerprint density at radius 3 is 1.43 bits per heavy atom. The summed E-state index contributed by atoms with van der Waals surface area (Å²) in [4.78, 5) is 24.5. The van der Waals surface area contributed by atoms with Crippen molar-refractivity contribution in [3.05, 3.63) is 59.7 Å². The molecule has 0 unspecified atom stereocenters. The van der Waals surface area contributed by atoms with E-state index < -0.39 is 36.4 Å². The third-order valence-corrected chi connectivity index (χ3v) is 4.69. The number of ether oxygens (including phenoxy) is 4. The highest BCUT2D eigenvalue weighted by Crippen LogP contribution is 2.31. The van der Waals surface area contributed by atoms with Crippen LogP contribution in [-0.4, -0.2) is 59.8 Å². The van der Waals surface area contributed by atoms with E-state index in [9.17, 15) is 19.8 Å². The Kier molecular flexibility index (Phi) is 4.89. The van der Waals surface area contributed by atoms with Gasteiger partial charge in [-0.3, -0.25) is 0 Å². The van der Waals surface area contributed by atoms with Crippen LogP contribution in [-0.2, 0) is 18.9 Å². The highest BCUT2D eigenvalue weighted by Gasteiger charge is 2.51. The molecule has 0 aliphatic carbocycles. The maximum Gasteiger partial charge on any atom is 0.338 e. The highest BCUT2D eigenvalue weighted by atomic mass is 16.7. The number of aromatic hydroxyl groups is 2. The lowest BCUT2D eigenvalue weighted by Gasteiger charge is -2.17. The van der Waals surface area contributed by atoms with Gasteiger partial charge >= 0.3 is 11.9 Å². The Hall–Kier alpha value is -3.10. The lowest BCUT2D eigenvalue weighted by Crippen LogP contribution is -2.36. The summed E-state index contributed by atoms with van der Waals surface area (Å²) in [5.74, 6) is -0.999. The molecule has 2 fully saturated rings. The number of rotatable bonds is 4. The summed E-state index contributed by atoms with van der Waals surface area (Å²) >= 11 is 0. The van der Waals surface area contributed by atoms with Crippen LogP contribution in [0.1, 0.15) is 20.7 Å². The van der Waals surface area contributed by atoms with Gasteiger partial charge < -0.3 is 29.2 Å². The van der Waals surface area contributed by atoms with Gasteiger partial charge in [-0.25, -0.2) is 9.59 Å². The normalized spacial score (nSPS) is 25.9. The molecule has 146 valence electrons. The number of phenolic OH excluding ortho intramolecular Hbond substituents is 2. The molecule has 0 aromatic heterocycles. The van der Waals surface area contributed by atoms with E-state index >= 15 is 0 Å². The molecule has 2 aromatic rings. The first kappa shape index (κ1) is 18.3. The van der Waals surface area contributed by atoms with Gasteiger partial charge in [0.2, 0.25) is 0 Å². The van der Waals surface area contributed by atoms with E-state index in [2.05, 4.69) is 0 Å². The van der Waals surface area contributed by atoms with Gasteiger partial charge in [0.05, 0.1) is 24.3 Å². The summed E-state index contributed by atoms with van der Waals surface area (Å²) in [5, 5.41) is 18.6. The molecule has 2 aliphatic rings. The molecule has 2 aromatic carbocycles. The van der Waals surface area contributed by atoms with Crippen LogP contribution < -0.4 is 0 Å². The zero-order chi connectivity index (χ0) is 19.7. The van der Waals surface area contributed by atoms with Gasteiger partial charge in [0.25, 0.3) is 0 Å². The Balaban J connectivity index is 1.36. The summed E-state index contributed by atoms with van der Waals surface area (Å²) < 4.78 is 22.2. The first-order chi connectivity index (χ1) is 13.5. The monoisotopic (exact) mass is 386 g/mol. The van der Waals surface area contributed by atoms with E-state index in [0.29, 0.717) is 11.1 Å². The van der Waals surface area contributed by atoms with Crippen LogP contribution in [0.3, 0.4) is 0 Å². The first-order valence-corrected chi connectivity index (χ1v) is 8.74. The molecule has 0 saturated carbocycles. The van der Waals surface area contributed by atoms with Crippen molar-refractivity contribution in [2.75, 3.05) is 13.2 Å². The zero-order valence-corrected chi connectivity index (χ0v) is 14.7. The molecule has 2 aliphatic heterocycles. The van der Waals surface area contributed by atoms with Crippen LogP contribution >= 0.6 is 0 Å². The van der Waals surface area contributed by atoms with Gasteiger partial charge in [-0.15, -0.1) is 0 Å². The molecular formula is C20H18O8. The minimum atomic E-state index is -0.622. The van der Waals surface area contributed by atoms with Gasteiger partial charge in [0, 0.05) is 0 Å². The number of fused-ring (bicyclic) bond motifs is 1. The average Bonchev–Trinajstić information content (AvgIpc) is 3.26. The fraction of sp³-hybridized carbons (Fsp3) is 0.300. The summed E-state index contributed by atoms with van der Waals surface area (Å²) in [5.41, 5.74) is 0.601. The third kappa shape index (κ3) is 3.64. The highest BCUT2D eigenvalue weighted by molar-refractivity contribution is 5.90. The van der Waals surface area contributed by atoms with E-state index in [0.717, 1.165) is 0 Å². The molecule has 2 heterocycles. The number of hydrogen-bond acceptors (Lipinski definition) is 8. The van der Waals surface area contributed by atoms with E-state index in [1.807, 2.05) is 0 Å². The largest absolute Gasteiger partial charge is 0.508 e. The van der Waals surface area contributed by atoms with E-state index in [-0.39, 0.29) is 24.7 Å². The molecule has 2 saturated heterocycles. The molecular weight excluding hydrogens is 368 g/mol. The molecule has 0 amide bonds. The van der Waals surface area contributed by atoms with Crippen molar-refractivity contribution < 1.29 is 38.7 Å². The minimum Gasteiger partial charge on any atom is -0.508 e. The van der Waals surface area contributed by atoms with Gasteiger partial charge in [0.1, 0.15) is 23.7 Å². The summed E-state index contributed by atoms with van der Waals surface area (Å²) in [6.45, 7) is 0.263. The van der Waals surface area contributed by atoms with Crippen LogP contribution in [0, 0.1) is 0 Å². The second-order valence-electron chi connectivity index (χ2n) is 6.58. The van der Waals surface area contributed by atoms with Crippen molar-refractivity contribution in [2.24, 2.45) is 0 Å². The van der Waals surface area contributed by atoms with Gasteiger partial charge in [-0.2, -0.15) is 0 Å². The van der Waals surface area contributed by atoms with Gasteiger partial charge in [-0.05, 0) is 48.5 Å². The topological polar surface area (TPSA) is 112 Å². The average molecular weight is 386 g/mol. The minimum absolute atomic E-state index is 0.0539. The third-order valence-electron chi connectivity index (χ3n) is 4.69. The Labute approximate surface area is 160 Å². The van der Waals surface area contributed by atoms with E-state index in [1.54, 1.807) is 0 Å². The maximum absolute atomic E-state index is 12.3. The molecule has 8 heteroatoms. The first-order valence-electron chi connectivity index (χ1n) is 8.74. The molecule has 8 nitrogen and oxygen atoms in total. The lowest BCUT2D eigenvalue weighted by molar-refractivity contribution is -0.0287. The van der Waals surface area contributed by atoms with Crippen LogP contribution in [0.15, 0.2) is 48.5 Å². The predicted octanol–water partition coefficient (Wildman–Crippen LogP) is 1.65. The number of carbonyl (C=O) groups is 2. The smallest absolute Gasteiger partial charge is 0.338 e. The second-order valence-corrected chi connectivity index (χ2v) is 6.58. The number of hydrogen-bond donors (Lipinski definition) is 2. The van der Waals surface area contributed by atoms with E-state index in [4.69, 9.17) is 18.9 Å². The molecule has 0 spiro atoms. The maximum atomic E-state index is 12.3. The second kappa shape index (κ2) is 7.49. The molecule has 0 radical (unpaired) electrons. The summed E-state index contributed by atoms with van der Waals surface area (Å²) in [7, 11) is 0. The summed E-state index contributed by atoms with van der Waals surface area (Å²) in [6.07, 6.45) is -2.30. The van der Waals surface area contributed by atoms with Crippen molar-refractivity contribution in [1.82, 2.24) is 0 Å². The van der Waals surface area contributed by atoms with Crippen molar-refractivity contribution in [3.8, 4) is 11.5 Å². The Bertz CT molecular complexity index is 787. The fourth-order valence-electron chi connectivity index (χ4n) is 3.24. The van der Waals surface area contributed by atoms with Crippen molar-refractivity contribution in [3.63, 3.8) is 0 Å². The van der Waals surface area contributed by atoms with E-state index in [1.165, 1.54) is 48.5 Å². The number of benzene rings is 2. The number of esters is 2. The fourth-order valence-corrected chi connectivity index (χ4v) is 3.24. The van der Waals surface area contributed by atoms with Crippen molar-refractivity contribution >= 4 is 11.9 Å². The van der Waals surface area contributed by atoms with Crippen LogP contribution in [0.2, 0.25) is 0 Å². The number of carbonyl (C=O) groups excluding carboxylic acids is 2. The SMILES string of the molecule is O=C(O[C@H]1CO[C@H]2[C@@H]1OC[C@H]2OC(=O)c1ccc(O)cc1)c1ccc(O)cc1. The van der Waals surface area contributed by atoms with Crippen LogP contribution in [0.4, 0.5) is 0 Å². The van der Waals surface area contributed by atoms with Gasteiger partial charge in [0.15, 0.2) is 12.2 Å². The van der Waals surface area contributed by atoms with Crippen molar-refractivity contribution in [1.29, 1.82) is 0 Å². The number of phenols is 2. The molecule has 2 N–H and O–H groups in total. The molecule has 4 rings (SSSR count). The standard InChI is InChI=1S/C20H18O8/c21-13-5-1-11(2-6-13)19(23)27-15-9-25-18-16(10-26-17(15)18)28-20(24)12-3-7-14(22)8-4-12/h1-8,15-18,21-22H,9-10H2/t15-,16+,17-,18-/m1/s1.